The molecule has 0 spiro atoms. The molecular weight excluding hydrogens is 224 g/mol. The molecule has 94 valence electrons. The van der Waals surface area contributed by atoms with Crippen molar-refractivity contribution in [2.24, 2.45) is 0 Å². The van der Waals surface area contributed by atoms with Crippen LogP contribution in [0.3, 0.4) is 0 Å². The predicted octanol–water partition coefficient (Wildman–Crippen LogP) is 2.48. The predicted molar refractivity (Wildman–Crippen MR) is 75.0 cm³/mol. The first-order chi connectivity index (χ1) is 8.79. The molecule has 0 saturated heterocycles. The number of hydrogen-bond donors (Lipinski definition) is 2. The maximum absolute atomic E-state index is 4.18. The van der Waals surface area contributed by atoms with Gasteiger partial charge in [0.2, 0.25) is 0 Å². The van der Waals surface area contributed by atoms with Gasteiger partial charge >= 0.3 is 0 Å². The molecule has 1 heterocycles. The van der Waals surface area contributed by atoms with Crippen molar-refractivity contribution >= 4 is 11.6 Å². The van der Waals surface area contributed by atoms with Crippen molar-refractivity contribution in [2.45, 2.75) is 13.3 Å². The molecule has 0 fully saturated rings. The van der Waals surface area contributed by atoms with Crippen LogP contribution < -0.4 is 10.6 Å². The Balaban J connectivity index is 1.90. The minimum Gasteiger partial charge on any atom is -0.373 e. The van der Waals surface area contributed by atoms with Crippen LogP contribution in [-0.4, -0.2) is 23.6 Å². The SMILES string of the molecule is CNc1cc(NCCc2ccccc2C)ncn1. The smallest absolute Gasteiger partial charge is 0.131 e. The third-order valence-corrected chi connectivity index (χ3v) is 2.88. The fraction of sp³-hybridized carbons (Fsp3) is 0.286. The van der Waals surface area contributed by atoms with E-state index in [1.165, 1.54) is 11.1 Å². The quantitative estimate of drug-likeness (QED) is 0.845. The van der Waals surface area contributed by atoms with E-state index in [9.17, 15) is 0 Å². The van der Waals surface area contributed by atoms with E-state index in [0.717, 1.165) is 24.6 Å². The lowest BCUT2D eigenvalue weighted by Gasteiger charge is -2.08. The minimum absolute atomic E-state index is 0.823. The zero-order valence-corrected chi connectivity index (χ0v) is 10.8. The van der Waals surface area contributed by atoms with Gasteiger partial charge in [0.05, 0.1) is 0 Å². The highest BCUT2D eigenvalue weighted by Crippen LogP contribution is 2.10. The monoisotopic (exact) mass is 242 g/mol. The molecule has 0 aliphatic heterocycles. The number of aromatic nitrogens is 2. The molecule has 0 amide bonds. The summed E-state index contributed by atoms with van der Waals surface area (Å²) < 4.78 is 0. The Morgan fingerprint density at radius 1 is 1.11 bits per heavy atom. The summed E-state index contributed by atoms with van der Waals surface area (Å²) in [4.78, 5) is 8.25. The van der Waals surface area contributed by atoms with Crippen molar-refractivity contribution in [3.8, 4) is 0 Å². The second kappa shape index (κ2) is 6.00. The summed E-state index contributed by atoms with van der Waals surface area (Å²) in [5, 5.41) is 6.30. The first kappa shape index (κ1) is 12.4. The third-order valence-electron chi connectivity index (χ3n) is 2.88. The molecule has 0 atom stereocenters. The lowest BCUT2D eigenvalue weighted by molar-refractivity contribution is 0.988. The van der Waals surface area contributed by atoms with Gasteiger partial charge in [-0.05, 0) is 24.5 Å². The van der Waals surface area contributed by atoms with Crippen molar-refractivity contribution in [3.63, 3.8) is 0 Å². The molecule has 1 aromatic heterocycles. The molecule has 18 heavy (non-hydrogen) atoms. The largest absolute Gasteiger partial charge is 0.373 e. The van der Waals surface area contributed by atoms with Crippen LogP contribution >= 0.6 is 0 Å². The molecule has 0 bridgehead atoms. The zero-order chi connectivity index (χ0) is 12.8. The lowest BCUT2D eigenvalue weighted by Crippen LogP contribution is -2.07. The molecule has 0 aliphatic rings. The fourth-order valence-corrected chi connectivity index (χ4v) is 1.81. The van der Waals surface area contributed by atoms with Gasteiger partial charge in [0.1, 0.15) is 18.0 Å². The molecule has 0 radical (unpaired) electrons. The highest BCUT2D eigenvalue weighted by molar-refractivity contribution is 5.46. The first-order valence-corrected chi connectivity index (χ1v) is 6.08. The Hall–Kier alpha value is -2.10. The number of nitrogens with one attached hydrogen (secondary N) is 2. The summed E-state index contributed by atoms with van der Waals surface area (Å²) in [6, 6.07) is 10.3. The van der Waals surface area contributed by atoms with Crippen LogP contribution in [0.1, 0.15) is 11.1 Å². The van der Waals surface area contributed by atoms with Gasteiger partial charge in [0.25, 0.3) is 0 Å². The van der Waals surface area contributed by atoms with Crippen LogP contribution in [-0.2, 0) is 6.42 Å². The van der Waals surface area contributed by atoms with Gasteiger partial charge in [0.15, 0.2) is 0 Å². The number of hydrogen-bond acceptors (Lipinski definition) is 4. The lowest BCUT2D eigenvalue weighted by atomic mass is 10.1. The summed E-state index contributed by atoms with van der Waals surface area (Å²) in [5.41, 5.74) is 2.70. The van der Waals surface area contributed by atoms with Gasteiger partial charge in [-0.2, -0.15) is 0 Å². The van der Waals surface area contributed by atoms with Crippen LogP contribution in [0, 0.1) is 6.92 Å². The van der Waals surface area contributed by atoms with Crippen molar-refractivity contribution in [2.75, 3.05) is 24.2 Å². The molecular formula is C14H18N4. The topological polar surface area (TPSA) is 49.8 Å². The van der Waals surface area contributed by atoms with Gasteiger partial charge in [-0.15, -0.1) is 0 Å². The minimum atomic E-state index is 0.823. The van der Waals surface area contributed by atoms with Crippen molar-refractivity contribution < 1.29 is 0 Å². The Morgan fingerprint density at radius 2 is 1.89 bits per heavy atom. The van der Waals surface area contributed by atoms with Crippen LogP contribution in [0.4, 0.5) is 11.6 Å². The normalized spacial score (nSPS) is 10.1. The van der Waals surface area contributed by atoms with Gasteiger partial charge in [0, 0.05) is 19.7 Å². The third kappa shape index (κ3) is 3.20. The number of nitrogens with zero attached hydrogens (tertiary/aromatic N) is 2. The highest BCUT2D eigenvalue weighted by Gasteiger charge is 1.99. The van der Waals surface area contributed by atoms with E-state index in [0.29, 0.717) is 0 Å². The summed E-state index contributed by atoms with van der Waals surface area (Å²) in [7, 11) is 1.85. The van der Waals surface area contributed by atoms with Crippen LogP contribution in [0.5, 0.6) is 0 Å². The molecule has 0 aliphatic carbocycles. The van der Waals surface area contributed by atoms with Crippen LogP contribution in [0.2, 0.25) is 0 Å². The van der Waals surface area contributed by atoms with Gasteiger partial charge < -0.3 is 10.6 Å². The second-order valence-electron chi connectivity index (χ2n) is 4.14. The average molecular weight is 242 g/mol. The van der Waals surface area contributed by atoms with E-state index in [4.69, 9.17) is 0 Å². The molecule has 1 aromatic carbocycles. The van der Waals surface area contributed by atoms with E-state index in [1.807, 2.05) is 13.1 Å². The van der Waals surface area contributed by atoms with E-state index >= 15 is 0 Å². The second-order valence-corrected chi connectivity index (χ2v) is 4.14. The molecule has 2 rings (SSSR count). The van der Waals surface area contributed by atoms with E-state index in [2.05, 4.69) is 51.8 Å². The number of rotatable bonds is 5. The Kier molecular flexibility index (Phi) is 4.12. The molecule has 2 aromatic rings. The number of aryl methyl sites for hydroxylation is 1. The molecule has 0 saturated carbocycles. The number of benzene rings is 1. The van der Waals surface area contributed by atoms with Crippen molar-refractivity contribution in [1.29, 1.82) is 0 Å². The van der Waals surface area contributed by atoms with E-state index in [1.54, 1.807) is 6.33 Å². The van der Waals surface area contributed by atoms with Crippen molar-refractivity contribution in [1.82, 2.24) is 9.97 Å². The summed E-state index contributed by atoms with van der Waals surface area (Å²) in [6.45, 7) is 3.00. The fourth-order valence-electron chi connectivity index (χ4n) is 1.81. The Labute approximate surface area is 107 Å². The first-order valence-electron chi connectivity index (χ1n) is 6.08. The average Bonchev–Trinajstić information content (AvgIpc) is 2.41. The Bertz CT molecular complexity index is 511. The molecule has 0 unspecified atom stereocenters. The van der Waals surface area contributed by atoms with Crippen LogP contribution in [0.15, 0.2) is 36.7 Å². The molecule has 2 N–H and O–H groups in total. The van der Waals surface area contributed by atoms with E-state index in [-0.39, 0.29) is 0 Å². The summed E-state index contributed by atoms with van der Waals surface area (Å²) in [6.07, 6.45) is 2.55. The van der Waals surface area contributed by atoms with Gasteiger partial charge in [-0.1, -0.05) is 24.3 Å². The summed E-state index contributed by atoms with van der Waals surface area (Å²) in [5.74, 6) is 1.67. The zero-order valence-electron chi connectivity index (χ0n) is 10.8. The van der Waals surface area contributed by atoms with Gasteiger partial charge in [-0.25, -0.2) is 9.97 Å². The van der Waals surface area contributed by atoms with Crippen LogP contribution in [0.25, 0.3) is 0 Å². The maximum atomic E-state index is 4.18. The highest BCUT2D eigenvalue weighted by atomic mass is 15.0. The van der Waals surface area contributed by atoms with Crippen molar-refractivity contribution in [3.05, 3.63) is 47.8 Å². The Morgan fingerprint density at radius 3 is 2.67 bits per heavy atom. The van der Waals surface area contributed by atoms with E-state index < -0.39 is 0 Å². The maximum Gasteiger partial charge on any atom is 0.131 e. The molecule has 4 nitrogen and oxygen atoms in total. The standard InChI is InChI=1S/C14H18N4/c1-11-5-3-4-6-12(11)7-8-16-14-9-13(15-2)17-10-18-14/h3-6,9-10H,7-8H2,1-2H3,(H2,15,16,17,18). The molecule has 4 heteroatoms. The summed E-state index contributed by atoms with van der Waals surface area (Å²) >= 11 is 0. The number of anilines is 2. The van der Waals surface area contributed by atoms with Gasteiger partial charge in [-0.3, -0.25) is 0 Å².